The van der Waals surface area contributed by atoms with E-state index in [0.717, 1.165) is 27.7 Å². The van der Waals surface area contributed by atoms with Crippen LogP contribution in [0, 0.1) is 6.92 Å². The number of aryl methyl sites for hydroxylation is 1. The first-order valence-corrected chi connectivity index (χ1v) is 8.96. The smallest absolute Gasteiger partial charge is 0.230 e. The minimum Gasteiger partial charge on any atom is -0.491 e. The molecule has 0 unspecified atom stereocenters. The lowest BCUT2D eigenvalue weighted by molar-refractivity contribution is -0.118. The standard InChI is InChI=1S/C18H20ClNO2S/c1-14-5-2-3-8-17(14)22-10-9-20-18(21)13-23-12-15-6-4-7-16(19)11-15/h2-8,11H,9-10,12-13H2,1H3,(H,20,21). The van der Waals surface area contributed by atoms with Crippen LogP contribution in [0.15, 0.2) is 48.5 Å². The third-order valence-electron chi connectivity index (χ3n) is 3.17. The molecule has 0 saturated carbocycles. The predicted molar refractivity (Wildman–Crippen MR) is 97.3 cm³/mol. The van der Waals surface area contributed by atoms with Gasteiger partial charge in [0.25, 0.3) is 0 Å². The van der Waals surface area contributed by atoms with Gasteiger partial charge in [0.1, 0.15) is 12.4 Å². The zero-order chi connectivity index (χ0) is 16.5. The van der Waals surface area contributed by atoms with Gasteiger partial charge in [-0.25, -0.2) is 0 Å². The van der Waals surface area contributed by atoms with Crippen molar-refractivity contribution in [3.63, 3.8) is 0 Å². The molecule has 23 heavy (non-hydrogen) atoms. The number of halogens is 1. The van der Waals surface area contributed by atoms with E-state index >= 15 is 0 Å². The third kappa shape index (κ3) is 6.55. The molecule has 0 fully saturated rings. The fraction of sp³-hybridized carbons (Fsp3) is 0.278. The molecule has 0 spiro atoms. The molecular formula is C18H20ClNO2S. The molecule has 2 rings (SSSR count). The average molecular weight is 350 g/mol. The second-order valence-corrected chi connectivity index (χ2v) is 6.51. The van der Waals surface area contributed by atoms with Gasteiger partial charge < -0.3 is 10.1 Å². The minimum atomic E-state index is 0.0189. The van der Waals surface area contributed by atoms with E-state index in [1.54, 1.807) is 11.8 Å². The summed E-state index contributed by atoms with van der Waals surface area (Å²) in [5, 5.41) is 3.58. The van der Waals surface area contributed by atoms with E-state index in [1.165, 1.54) is 0 Å². The maximum Gasteiger partial charge on any atom is 0.230 e. The van der Waals surface area contributed by atoms with Gasteiger partial charge in [-0.05, 0) is 36.2 Å². The minimum absolute atomic E-state index is 0.0189. The molecule has 0 saturated heterocycles. The molecule has 0 radical (unpaired) electrons. The zero-order valence-electron chi connectivity index (χ0n) is 13.0. The van der Waals surface area contributed by atoms with Crippen LogP contribution in [0.25, 0.3) is 0 Å². The Kier molecular flexibility index (Phi) is 7.30. The van der Waals surface area contributed by atoms with E-state index in [-0.39, 0.29) is 5.91 Å². The van der Waals surface area contributed by atoms with Gasteiger partial charge >= 0.3 is 0 Å². The summed E-state index contributed by atoms with van der Waals surface area (Å²) in [5.74, 6) is 2.08. The van der Waals surface area contributed by atoms with Crippen LogP contribution in [0.4, 0.5) is 0 Å². The van der Waals surface area contributed by atoms with Crippen LogP contribution < -0.4 is 10.1 Å². The molecule has 2 aromatic rings. The molecule has 0 aliphatic carbocycles. The molecule has 0 aromatic heterocycles. The van der Waals surface area contributed by atoms with Crippen molar-refractivity contribution in [1.82, 2.24) is 5.32 Å². The number of carbonyl (C=O) groups excluding carboxylic acids is 1. The molecule has 3 nitrogen and oxygen atoms in total. The Bertz CT molecular complexity index is 648. The van der Waals surface area contributed by atoms with Crippen molar-refractivity contribution in [3.05, 3.63) is 64.7 Å². The molecule has 0 heterocycles. The van der Waals surface area contributed by atoms with Crippen LogP contribution in [0.5, 0.6) is 5.75 Å². The van der Waals surface area contributed by atoms with Crippen molar-refractivity contribution in [2.45, 2.75) is 12.7 Å². The maximum atomic E-state index is 11.8. The number of ether oxygens (including phenoxy) is 1. The monoisotopic (exact) mass is 349 g/mol. The van der Waals surface area contributed by atoms with Crippen LogP contribution >= 0.6 is 23.4 Å². The largest absolute Gasteiger partial charge is 0.491 e. The van der Waals surface area contributed by atoms with Gasteiger partial charge in [0.2, 0.25) is 5.91 Å². The second-order valence-electron chi connectivity index (χ2n) is 5.09. The normalized spacial score (nSPS) is 10.3. The lowest BCUT2D eigenvalue weighted by atomic mass is 10.2. The Balaban J connectivity index is 1.59. The number of amides is 1. The van der Waals surface area contributed by atoms with Crippen molar-refractivity contribution in [1.29, 1.82) is 0 Å². The van der Waals surface area contributed by atoms with Gasteiger partial charge in [-0.2, -0.15) is 0 Å². The highest BCUT2D eigenvalue weighted by Gasteiger charge is 2.03. The first-order valence-electron chi connectivity index (χ1n) is 7.42. The molecule has 1 N–H and O–H groups in total. The van der Waals surface area contributed by atoms with Gasteiger partial charge in [-0.1, -0.05) is 41.9 Å². The lowest BCUT2D eigenvalue weighted by Crippen LogP contribution is -2.29. The molecule has 122 valence electrons. The molecule has 0 bridgehead atoms. The number of para-hydroxylation sites is 1. The van der Waals surface area contributed by atoms with E-state index < -0.39 is 0 Å². The Morgan fingerprint density at radius 1 is 1.22 bits per heavy atom. The molecule has 0 atom stereocenters. The predicted octanol–water partition coefficient (Wildman–Crippen LogP) is 4.08. The summed E-state index contributed by atoms with van der Waals surface area (Å²) in [5.41, 5.74) is 2.22. The van der Waals surface area contributed by atoms with Crippen molar-refractivity contribution >= 4 is 29.3 Å². The molecule has 5 heteroatoms. The molecular weight excluding hydrogens is 330 g/mol. The quantitative estimate of drug-likeness (QED) is 0.730. The first-order chi connectivity index (χ1) is 11.1. The second kappa shape index (κ2) is 9.48. The fourth-order valence-corrected chi connectivity index (χ4v) is 3.03. The van der Waals surface area contributed by atoms with Crippen molar-refractivity contribution in [2.24, 2.45) is 0 Å². The molecule has 0 aliphatic rings. The highest BCUT2D eigenvalue weighted by molar-refractivity contribution is 7.99. The van der Waals surface area contributed by atoms with Gasteiger partial charge in [0.15, 0.2) is 0 Å². The van der Waals surface area contributed by atoms with Crippen LogP contribution in [-0.2, 0) is 10.5 Å². The summed E-state index contributed by atoms with van der Waals surface area (Å²) in [6.45, 7) is 2.97. The molecule has 0 aliphatic heterocycles. The van der Waals surface area contributed by atoms with Crippen LogP contribution in [0.3, 0.4) is 0 Å². The summed E-state index contributed by atoms with van der Waals surface area (Å²) < 4.78 is 5.64. The van der Waals surface area contributed by atoms with Crippen molar-refractivity contribution in [3.8, 4) is 5.75 Å². The highest BCUT2D eigenvalue weighted by Crippen LogP contribution is 2.17. The summed E-state index contributed by atoms with van der Waals surface area (Å²) in [6, 6.07) is 15.5. The van der Waals surface area contributed by atoms with E-state index in [1.807, 2.05) is 55.5 Å². The van der Waals surface area contributed by atoms with E-state index in [4.69, 9.17) is 16.3 Å². The Morgan fingerprint density at radius 2 is 2.04 bits per heavy atom. The number of carbonyl (C=O) groups is 1. The first kappa shape index (κ1) is 17.7. The van der Waals surface area contributed by atoms with Gasteiger partial charge in [0, 0.05) is 10.8 Å². The van der Waals surface area contributed by atoms with Crippen LogP contribution in [-0.4, -0.2) is 24.8 Å². The summed E-state index contributed by atoms with van der Waals surface area (Å²) in [7, 11) is 0. The average Bonchev–Trinajstić information content (AvgIpc) is 2.53. The number of hydrogen-bond donors (Lipinski definition) is 1. The summed E-state index contributed by atoms with van der Waals surface area (Å²) in [4.78, 5) is 11.8. The van der Waals surface area contributed by atoms with Gasteiger partial charge in [-0.3, -0.25) is 4.79 Å². The van der Waals surface area contributed by atoms with Gasteiger partial charge in [0.05, 0.1) is 12.3 Å². The van der Waals surface area contributed by atoms with Gasteiger partial charge in [-0.15, -0.1) is 11.8 Å². The number of hydrogen-bond acceptors (Lipinski definition) is 3. The number of nitrogens with one attached hydrogen (secondary N) is 1. The zero-order valence-corrected chi connectivity index (χ0v) is 14.6. The third-order valence-corrected chi connectivity index (χ3v) is 4.41. The lowest BCUT2D eigenvalue weighted by Gasteiger charge is -2.09. The van der Waals surface area contributed by atoms with Crippen LogP contribution in [0.1, 0.15) is 11.1 Å². The van der Waals surface area contributed by atoms with E-state index in [0.29, 0.717) is 18.9 Å². The topological polar surface area (TPSA) is 38.3 Å². The SMILES string of the molecule is Cc1ccccc1OCCNC(=O)CSCc1cccc(Cl)c1. The van der Waals surface area contributed by atoms with E-state index in [9.17, 15) is 4.79 Å². The Hall–Kier alpha value is -1.65. The van der Waals surface area contributed by atoms with E-state index in [2.05, 4.69) is 5.32 Å². The number of benzene rings is 2. The summed E-state index contributed by atoms with van der Waals surface area (Å²) in [6.07, 6.45) is 0. The Morgan fingerprint density at radius 3 is 2.83 bits per heavy atom. The van der Waals surface area contributed by atoms with Crippen molar-refractivity contribution < 1.29 is 9.53 Å². The maximum absolute atomic E-state index is 11.8. The molecule has 1 amide bonds. The summed E-state index contributed by atoms with van der Waals surface area (Å²) >= 11 is 7.50. The molecule has 2 aromatic carbocycles. The highest BCUT2D eigenvalue weighted by atomic mass is 35.5. The Labute approximate surface area is 146 Å². The van der Waals surface area contributed by atoms with Crippen LogP contribution in [0.2, 0.25) is 5.02 Å². The number of thioether (sulfide) groups is 1. The number of rotatable bonds is 8. The van der Waals surface area contributed by atoms with Crippen molar-refractivity contribution in [2.75, 3.05) is 18.9 Å². The fourth-order valence-electron chi connectivity index (χ4n) is 2.01.